The van der Waals surface area contributed by atoms with Gasteiger partial charge in [0.1, 0.15) is 6.61 Å². The molecule has 0 spiro atoms. The van der Waals surface area contributed by atoms with E-state index in [2.05, 4.69) is 12.1 Å². The minimum Gasteiger partial charge on any atom is -0.382 e. The lowest BCUT2D eigenvalue weighted by Gasteiger charge is -2.28. The Kier molecular flexibility index (Phi) is 5.62. The van der Waals surface area contributed by atoms with Crippen molar-refractivity contribution in [2.75, 3.05) is 26.9 Å². The number of hydrogen-bond donors (Lipinski definition) is 0. The molecule has 3 rings (SSSR count). The molecular formula is C20H23NO3. The van der Waals surface area contributed by atoms with Gasteiger partial charge in [-0.3, -0.25) is 4.79 Å². The monoisotopic (exact) mass is 325 g/mol. The molecule has 24 heavy (non-hydrogen) atoms. The van der Waals surface area contributed by atoms with E-state index in [0.717, 1.165) is 5.56 Å². The van der Waals surface area contributed by atoms with Gasteiger partial charge in [-0.15, -0.1) is 0 Å². The molecular weight excluding hydrogens is 302 g/mol. The van der Waals surface area contributed by atoms with Crippen molar-refractivity contribution in [3.05, 3.63) is 71.8 Å². The van der Waals surface area contributed by atoms with Crippen LogP contribution in [-0.2, 0) is 20.8 Å². The maximum Gasteiger partial charge on any atom is 0.248 e. The molecule has 126 valence electrons. The quantitative estimate of drug-likeness (QED) is 0.848. The van der Waals surface area contributed by atoms with Crippen molar-refractivity contribution in [2.45, 2.75) is 18.6 Å². The second-order valence-corrected chi connectivity index (χ2v) is 6.08. The molecule has 2 aromatic rings. The van der Waals surface area contributed by atoms with Crippen LogP contribution in [0.4, 0.5) is 0 Å². The zero-order chi connectivity index (χ0) is 16.8. The zero-order valence-corrected chi connectivity index (χ0v) is 13.9. The highest BCUT2D eigenvalue weighted by Crippen LogP contribution is 2.27. The first-order valence-electron chi connectivity index (χ1n) is 8.25. The summed E-state index contributed by atoms with van der Waals surface area (Å²) in [5.74, 6) is 0.125. The van der Waals surface area contributed by atoms with E-state index < -0.39 is 0 Å². The van der Waals surface area contributed by atoms with Crippen LogP contribution in [0.15, 0.2) is 60.7 Å². The van der Waals surface area contributed by atoms with Gasteiger partial charge in [0, 0.05) is 26.1 Å². The zero-order valence-electron chi connectivity index (χ0n) is 13.9. The van der Waals surface area contributed by atoms with Gasteiger partial charge in [-0.1, -0.05) is 60.7 Å². The normalized spacial score (nSPS) is 21.5. The van der Waals surface area contributed by atoms with Crippen molar-refractivity contribution in [3.63, 3.8) is 0 Å². The number of rotatable bonds is 5. The molecule has 2 aromatic carbocycles. The third-order valence-electron chi connectivity index (χ3n) is 4.41. The number of amides is 1. The van der Waals surface area contributed by atoms with Gasteiger partial charge < -0.3 is 14.4 Å². The van der Waals surface area contributed by atoms with Crippen molar-refractivity contribution >= 4 is 5.91 Å². The number of hydrogen-bond acceptors (Lipinski definition) is 3. The van der Waals surface area contributed by atoms with E-state index in [9.17, 15) is 4.79 Å². The number of benzene rings is 2. The van der Waals surface area contributed by atoms with Gasteiger partial charge in [0.05, 0.1) is 12.7 Å². The Bertz CT molecular complexity index is 644. The van der Waals surface area contributed by atoms with Crippen LogP contribution < -0.4 is 0 Å². The Labute approximate surface area is 143 Å². The summed E-state index contributed by atoms with van der Waals surface area (Å²) in [7, 11) is 1.67. The van der Waals surface area contributed by atoms with Crippen LogP contribution in [0, 0.1) is 0 Å². The van der Waals surface area contributed by atoms with E-state index in [1.165, 1.54) is 5.56 Å². The van der Waals surface area contributed by atoms with Gasteiger partial charge in [-0.25, -0.2) is 0 Å². The largest absolute Gasteiger partial charge is 0.382 e. The fourth-order valence-electron chi connectivity index (χ4n) is 3.15. The molecule has 0 bridgehead atoms. The van der Waals surface area contributed by atoms with Gasteiger partial charge in [0.25, 0.3) is 0 Å². The van der Waals surface area contributed by atoms with Crippen LogP contribution >= 0.6 is 0 Å². The van der Waals surface area contributed by atoms with Gasteiger partial charge in [0.15, 0.2) is 0 Å². The third kappa shape index (κ3) is 4.02. The van der Waals surface area contributed by atoms with Crippen molar-refractivity contribution in [2.24, 2.45) is 0 Å². The van der Waals surface area contributed by atoms with Gasteiger partial charge >= 0.3 is 0 Å². The highest BCUT2D eigenvalue weighted by Gasteiger charge is 2.32. The molecule has 2 atom stereocenters. The average molecular weight is 325 g/mol. The van der Waals surface area contributed by atoms with Gasteiger partial charge in [-0.05, 0) is 11.1 Å². The predicted molar refractivity (Wildman–Crippen MR) is 92.7 cm³/mol. The number of ether oxygens (including phenoxy) is 2. The summed E-state index contributed by atoms with van der Waals surface area (Å²) in [6.07, 6.45) is -0.123. The molecule has 1 aliphatic heterocycles. The predicted octanol–water partition coefficient (Wildman–Crippen LogP) is 2.84. The van der Waals surface area contributed by atoms with Crippen LogP contribution in [0.3, 0.4) is 0 Å². The number of methoxy groups -OCH3 is 1. The molecule has 0 saturated carbocycles. The van der Waals surface area contributed by atoms with Crippen molar-refractivity contribution in [1.82, 2.24) is 4.90 Å². The van der Waals surface area contributed by atoms with Crippen molar-refractivity contribution in [3.8, 4) is 0 Å². The highest BCUT2D eigenvalue weighted by molar-refractivity contribution is 5.77. The Morgan fingerprint density at radius 2 is 1.75 bits per heavy atom. The molecule has 0 aromatic heterocycles. The van der Waals surface area contributed by atoms with Crippen LogP contribution in [0.1, 0.15) is 17.0 Å². The summed E-state index contributed by atoms with van der Waals surface area (Å²) in [6, 6.07) is 20.3. The Hall–Kier alpha value is -2.17. The fraction of sp³-hybridized carbons (Fsp3) is 0.350. The maximum atomic E-state index is 12.5. The van der Waals surface area contributed by atoms with E-state index in [1.807, 2.05) is 53.4 Å². The van der Waals surface area contributed by atoms with Crippen molar-refractivity contribution in [1.29, 1.82) is 0 Å². The average Bonchev–Trinajstić information content (AvgIpc) is 2.77. The lowest BCUT2D eigenvalue weighted by Crippen LogP contribution is -2.35. The Balaban J connectivity index is 1.84. The summed E-state index contributed by atoms with van der Waals surface area (Å²) in [5, 5.41) is 0. The Morgan fingerprint density at radius 1 is 1.08 bits per heavy atom. The van der Waals surface area contributed by atoms with E-state index >= 15 is 0 Å². The van der Waals surface area contributed by atoms with E-state index in [0.29, 0.717) is 19.7 Å². The molecule has 1 heterocycles. The SMILES string of the molecule is COC[C@@H]1OCC(=O)N(Cc2ccccc2)CC1c1ccccc1. The minimum absolute atomic E-state index is 0.0263. The van der Waals surface area contributed by atoms with Gasteiger partial charge in [0.2, 0.25) is 5.91 Å². The number of carbonyl (C=O) groups excluding carboxylic acids is 1. The molecule has 4 nitrogen and oxygen atoms in total. The molecule has 1 aliphatic rings. The lowest BCUT2D eigenvalue weighted by atomic mass is 9.93. The van der Waals surface area contributed by atoms with Gasteiger partial charge in [-0.2, -0.15) is 0 Å². The summed E-state index contributed by atoms with van der Waals surface area (Å²) >= 11 is 0. The molecule has 1 saturated heterocycles. The van der Waals surface area contributed by atoms with Crippen LogP contribution in [0.2, 0.25) is 0 Å². The van der Waals surface area contributed by atoms with Crippen LogP contribution in [0.5, 0.6) is 0 Å². The molecule has 4 heteroatoms. The molecule has 0 N–H and O–H groups in total. The highest BCUT2D eigenvalue weighted by atomic mass is 16.5. The first kappa shape index (κ1) is 16.7. The summed E-state index contributed by atoms with van der Waals surface area (Å²) in [5.41, 5.74) is 2.30. The molecule has 1 amide bonds. The molecule has 1 unspecified atom stereocenters. The summed E-state index contributed by atoms with van der Waals surface area (Å²) in [6.45, 7) is 1.81. The van der Waals surface area contributed by atoms with Crippen LogP contribution in [-0.4, -0.2) is 43.8 Å². The molecule has 1 fully saturated rings. The molecule has 0 radical (unpaired) electrons. The lowest BCUT2D eigenvalue weighted by molar-refractivity contribution is -0.135. The topological polar surface area (TPSA) is 38.8 Å². The second kappa shape index (κ2) is 8.08. The van der Waals surface area contributed by atoms with Crippen molar-refractivity contribution < 1.29 is 14.3 Å². The minimum atomic E-state index is -0.123. The molecule has 0 aliphatic carbocycles. The summed E-state index contributed by atoms with van der Waals surface area (Å²) < 4.78 is 11.2. The van der Waals surface area contributed by atoms with E-state index in [1.54, 1.807) is 7.11 Å². The fourth-order valence-corrected chi connectivity index (χ4v) is 3.15. The first-order valence-corrected chi connectivity index (χ1v) is 8.25. The van der Waals surface area contributed by atoms with E-state index in [4.69, 9.17) is 9.47 Å². The van der Waals surface area contributed by atoms with Crippen LogP contribution in [0.25, 0.3) is 0 Å². The second-order valence-electron chi connectivity index (χ2n) is 6.08. The van der Waals surface area contributed by atoms with E-state index in [-0.39, 0.29) is 24.5 Å². The number of nitrogens with zero attached hydrogens (tertiary/aromatic N) is 1. The standard InChI is InChI=1S/C20H23NO3/c1-23-14-19-18(17-10-6-3-7-11-17)13-21(20(22)15-24-19)12-16-8-4-2-5-9-16/h2-11,18-19H,12-15H2,1H3/t18?,19-/m0/s1. The summed E-state index contributed by atoms with van der Waals surface area (Å²) in [4.78, 5) is 14.4. The Morgan fingerprint density at radius 3 is 2.42 bits per heavy atom. The number of carbonyl (C=O) groups is 1. The smallest absolute Gasteiger partial charge is 0.248 e. The first-order chi connectivity index (χ1) is 11.8. The third-order valence-corrected chi connectivity index (χ3v) is 4.41. The maximum absolute atomic E-state index is 12.5.